The third-order valence-corrected chi connectivity index (χ3v) is 3.42. The zero-order chi connectivity index (χ0) is 16.4. The third kappa shape index (κ3) is 5.93. The van der Waals surface area contributed by atoms with Crippen LogP contribution in [0.3, 0.4) is 0 Å². The average Bonchev–Trinajstić information content (AvgIpc) is 2.51. The fraction of sp³-hybridized carbons (Fsp3) is 0.588. The molecule has 0 atom stereocenters. The van der Waals surface area contributed by atoms with Crippen molar-refractivity contribution in [2.24, 2.45) is 0 Å². The van der Waals surface area contributed by atoms with Crippen LogP contribution < -0.4 is 15.0 Å². The smallest absolute Gasteiger partial charge is 0.304 e. The first-order chi connectivity index (χ1) is 10.6. The standard InChI is InChI=1S/C17H28N2O3/c1-4-10-19(11-5-2)15-7-6-14(12-16(15)22-3)13-18-9-8-17(20)21/h6-7,12,18H,4-5,8-11,13H2,1-3H3,(H,20,21). The lowest BCUT2D eigenvalue weighted by Crippen LogP contribution is -2.25. The largest absolute Gasteiger partial charge is 0.495 e. The van der Waals surface area contributed by atoms with Gasteiger partial charge in [-0.1, -0.05) is 19.9 Å². The summed E-state index contributed by atoms with van der Waals surface area (Å²) < 4.78 is 5.54. The van der Waals surface area contributed by atoms with Crippen LogP contribution in [0, 0.1) is 0 Å². The Balaban J connectivity index is 2.74. The molecule has 124 valence electrons. The van der Waals surface area contributed by atoms with E-state index in [1.54, 1.807) is 7.11 Å². The lowest BCUT2D eigenvalue weighted by molar-refractivity contribution is -0.136. The molecule has 5 nitrogen and oxygen atoms in total. The molecule has 0 saturated carbocycles. The van der Waals surface area contributed by atoms with Crippen LogP contribution in [0.4, 0.5) is 5.69 Å². The van der Waals surface area contributed by atoms with Crippen molar-refractivity contribution in [3.05, 3.63) is 23.8 Å². The number of rotatable bonds is 11. The summed E-state index contributed by atoms with van der Waals surface area (Å²) in [5.74, 6) is 0.0923. The van der Waals surface area contributed by atoms with Crippen LogP contribution in [0.5, 0.6) is 5.75 Å². The van der Waals surface area contributed by atoms with Crippen molar-refractivity contribution in [3.63, 3.8) is 0 Å². The molecule has 0 aliphatic rings. The molecule has 0 spiro atoms. The van der Waals surface area contributed by atoms with Crippen LogP contribution in [0.1, 0.15) is 38.7 Å². The van der Waals surface area contributed by atoms with Gasteiger partial charge in [0.1, 0.15) is 5.75 Å². The van der Waals surface area contributed by atoms with Gasteiger partial charge in [0.05, 0.1) is 19.2 Å². The molecule has 2 N–H and O–H groups in total. The van der Waals surface area contributed by atoms with E-state index in [0.29, 0.717) is 13.1 Å². The molecule has 0 aliphatic carbocycles. The summed E-state index contributed by atoms with van der Waals surface area (Å²) in [6.45, 7) is 7.50. The number of hydrogen-bond acceptors (Lipinski definition) is 4. The molecule has 0 unspecified atom stereocenters. The van der Waals surface area contributed by atoms with E-state index in [1.165, 1.54) is 0 Å². The minimum absolute atomic E-state index is 0.135. The lowest BCUT2D eigenvalue weighted by atomic mass is 10.1. The molecular weight excluding hydrogens is 280 g/mol. The first-order valence-corrected chi connectivity index (χ1v) is 7.96. The van der Waals surface area contributed by atoms with Crippen LogP contribution in [-0.2, 0) is 11.3 Å². The number of carboxylic acid groups (broad SMARTS) is 1. The van der Waals surface area contributed by atoms with Crippen molar-refractivity contribution in [1.29, 1.82) is 0 Å². The maximum atomic E-state index is 10.5. The Kier molecular flexibility index (Phi) is 8.36. The summed E-state index contributed by atoms with van der Waals surface area (Å²) in [6.07, 6.45) is 2.33. The first-order valence-electron chi connectivity index (χ1n) is 7.96. The molecule has 0 heterocycles. The van der Waals surface area contributed by atoms with Crippen LogP contribution >= 0.6 is 0 Å². The Morgan fingerprint density at radius 2 is 1.95 bits per heavy atom. The van der Waals surface area contributed by atoms with E-state index in [0.717, 1.165) is 42.9 Å². The van der Waals surface area contributed by atoms with Gasteiger partial charge in [-0.3, -0.25) is 4.79 Å². The Morgan fingerprint density at radius 1 is 1.27 bits per heavy atom. The van der Waals surface area contributed by atoms with Gasteiger partial charge in [0.2, 0.25) is 0 Å². The van der Waals surface area contributed by atoms with E-state index in [4.69, 9.17) is 9.84 Å². The van der Waals surface area contributed by atoms with E-state index in [2.05, 4.69) is 36.2 Å². The number of carbonyl (C=O) groups is 1. The highest BCUT2D eigenvalue weighted by atomic mass is 16.5. The second kappa shape index (κ2) is 10.1. The number of nitrogens with one attached hydrogen (secondary N) is 1. The molecule has 0 radical (unpaired) electrons. The van der Waals surface area contributed by atoms with Gasteiger partial charge >= 0.3 is 5.97 Å². The summed E-state index contributed by atoms with van der Waals surface area (Å²) >= 11 is 0. The predicted octanol–water partition coefficient (Wildman–Crippen LogP) is 2.89. The van der Waals surface area contributed by atoms with Gasteiger partial charge in [-0.15, -0.1) is 0 Å². The van der Waals surface area contributed by atoms with Crippen molar-refractivity contribution in [1.82, 2.24) is 5.32 Å². The van der Waals surface area contributed by atoms with Crippen LogP contribution in [0.25, 0.3) is 0 Å². The second-order valence-electron chi connectivity index (χ2n) is 5.31. The lowest BCUT2D eigenvalue weighted by Gasteiger charge is -2.26. The number of methoxy groups -OCH3 is 1. The number of anilines is 1. The predicted molar refractivity (Wildman–Crippen MR) is 89.7 cm³/mol. The molecule has 0 saturated heterocycles. The Morgan fingerprint density at radius 3 is 2.50 bits per heavy atom. The highest BCUT2D eigenvalue weighted by molar-refractivity contribution is 5.66. The topological polar surface area (TPSA) is 61.8 Å². The van der Waals surface area contributed by atoms with Gasteiger partial charge in [-0.25, -0.2) is 0 Å². The Hall–Kier alpha value is -1.75. The summed E-state index contributed by atoms with van der Waals surface area (Å²) in [6, 6.07) is 6.20. The third-order valence-electron chi connectivity index (χ3n) is 3.42. The van der Waals surface area contributed by atoms with Gasteiger partial charge < -0.3 is 20.1 Å². The maximum Gasteiger partial charge on any atom is 0.304 e. The van der Waals surface area contributed by atoms with Crippen molar-refractivity contribution < 1.29 is 14.6 Å². The molecule has 0 fully saturated rings. The van der Waals surface area contributed by atoms with Gasteiger partial charge in [0.25, 0.3) is 0 Å². The maximum absolute atomic E-state index is 10.5. The summed E-state index contributed by atoms with van der Waals surface area (Å²) in [4.78, 5) is 12.8. The number of nitrogens with zero attached hydrogens (tertiary/aromatic N) is 1. The van der Waals surface area contributed by atoms with E-state index in [1.807, 2.05) is 6.07 Å². The molecule has 0 amide bonds. The van der Waals surface area contributed by atoms with Crippen molar-refractivity contribution in [3.8, 4) is 5.75 Å². The van der Waals surface area contributed by atoms with Gasteiger partial charge in [0, 0.05) is 26.2 Å². The zero-order valence-corrected chi connectivity index (χ0v) is 13.9. The fourth-order valence-electron chi connectivity index (χ4n) is 2.41. The highest BCUT2D eigenvalue weighted by Gasteiger charge is 2.11. The average molecular weight is 308 g/mol. The van der Waals surface area contributed by atoms with Crippen molar-refractivity contribution >= 4 is 11.7 Å². The number of hydrogen-bond donors (Lipinski definition) is 2. The fourth-order valence-corrected chi connectivity index (χ4v) is 2.41. The normalized spacial score (nSPS) is 10.5. The Bertz CT molecular complexity index is 457. The first kappa shape index (κ1) is 18.3. The molecule has 0 aliphatic heterocycles. The summed E-state index contributed by atoms with van der Waals surface area (Å²) in [7, 11) is 1.69. The van der Waals surface area contributed by atoms with Gasteiger partial charge in [0.15, 0.2) is 0 Å². The minimum Gasteiger partial charge on any atom is -0.495 e. The number of carboxylic acids is 1. The SMILES string of the molecule is CCCN(CCC)c1ccc(CNCCC(=O)O)cc1OC. The zero-order valence-electron chi connectivity index (χ0n) is 13.9. The molecule has 5 heteroatoms. The monoisotopic (exact) mass is 308 g/mol. The molecule has 0 aromatic heterocycles. The number of benzene rings is 1. The van der Waals surface area contributed by atoms with Crippen LogP contribution in [0.15, 0.2) is 18.2 Å². The summed E-state index contributed by atoms with van der Waals surface area (Å²) in [5.41, 5.74) is 2.22. The van der Waals surface area contributed by atoms with E-state index in [-0.39, 0.29) is 6.42 Å². The van der Waals surface area contributed by atoms with Crippen molar-refractivity contribution in [2.45, 2.75) is 39.7 Å². The quantitative estimate of drug-likeness (QED) is 0.616. The molecule has 1 rings (SSSR count). The van der Waals surface area contributed by atoms with Crippen LogP contribution in [0.2, 0.25) is 0 Å². The molecule has 1 aromatic carbocycles. The minimum atomic E-state index is -0.782. The molecule has 1 aromatic rings. The van der Waals surface area contributed by atoms with Gasteiger partial charge in [-0.05, 0) is 30.5 Å². The summed E-state index contributed by atoms with van der Waals surface area (Å²) in [5, 5.41) is 11.8. The molecule has 0 bridgehead atoms. The molecule has 22 heavy (non-hydrogen) atoms. The number of aliphatic carboxylic acids is 1. The van der Waals surface area contributed by atoms with Crippen molar-refractivity contribution in [2.75, 3.05) is 31.6 Å². The number of ether oxygens (including phenoxy) is 1. The van der Waals surface area contributed by atoms with Crippen LogP contribution in [-0.4, -0.2) is 37.8 Å². The van der Waals surface area contributed by atoms with E-state index < -0.39 is 5.97 Å². The van der Waals surface area contributed by atoms with E-state index in [9.17, 15) is 4.79 Å². The Labute approximate surface area is 133 Å². The van der Waals surface area contributed by atoms with Gasteiger partial charge in [-0.2, -0.15) is 0 Å². The molecular formula is C17H28N2O3. The van der Waals surface area contributed by atoms with E-state index >= 15 is 0 Å². The highest BCUT2D eigenvalue weighted by Crippen LogP contribution is 2.29. The second-order valence-corrected chi connectivity index (χ2v) is 5.31.